The average Bonchev–Trinajstić information content (AvgIpc) is 2.74. The Morgan fingerprint density at radius 3 is 3.07 bits per heavy atom. The summed E-state index contributed by atoms with van der Waals surface area (Å²) in [7, 11) is 0. The van der Waals surface area contributed by atoms with Crippen molar-refractivity contribution >= 4 is 0 Å². The van der Waals surface area contributed by atoms with Crippen molar-refractivity contribution in [1.82, 2.24) is 15.5 Å². The Bertz CT molecular complexity index is 302. The lowest BCUT2D eigenvalue weighted by Gasteiger charge is -2.01. The van der Waals surface area contributed by atoms with Crippen LogP contribution in [0.2, 0.25) is 0 Å². The molecule has 78 valence electrons. The minimum Gasteiger partial charge on any atom is -0.396 e. The average molecular weight is 199 g/mol. The number of rotatable bonds is 3. The lowest BCUT2D eigenvalue weighted by atomic mass is 10.2. The van der Waals surface area contributed by atoms with Crippen LogP contribution in [0.3, 0.4) is 0 Å². The number of aliphatic hydroxyl groups is 2. The van der Waals surface area contributed by atoms with Crippen molar-refractivity contribution < 1.29 is 14.7 Å². The molecule has 2 heterocycles. The van der Waals surface area contributed by atoms with Crippen molar-refractivity contribution in [3.63, 3.8) is 0 Å². The monoisotopic (exact) mass is 199 g/mol. The van der Waals surface area contributed by atoms with Crippen molar-refractivity contribution in [2.24, 2.45) is 0 Å². The zero-order chi connectivity index (χ0) is 9.97. The summed E-state index contributed by atoms with van der Waals surface area (Å²) in [6.07, 6.45) is 0.660. The Morgan fingerprint density at radius 1 is 1.57 bits per heavy atom. The predicted octanol–water partition coefficient (Wildman–Crippen LogP) is -1.00. The molecule has 0 amide bonds. The molecule has 1 aliphatic heterocycles. The third-order valence-corrected chi connectivity index (χ3v) is 2.22. The third-order valence-electron chi connectivity index (χ3n) is 2.22. The van der Waals surface area contributed by atoms with E-state index in [4.69, 9.17) is 9.63 Å². The Balaban J connectivity index is 2.02. The molecule has 3 N–H and O–H groups in total. The molecule has 0 aliphatic carbocycles. The van der Waals surface area contributed by atoms with Crippen molar-refractivity contribution in [2.75, 3.05) is 13.2 Å². The Labute approximate surface area is 80.9 Å². The van der Waals surface area contributed by atoms with Gasteiger partial charge in [0.2, 0.25) is 5.89 Å². The lowest BCUT2D eigenvalue weighted by Crippen LogP contribution is -2.15. The van der Waals surface area contributed by atoms with Gasteiger partial charge in [0.15, 0.2) is 5.82 Å². The minimum absolute atomic E-state index is 0.0136. The fourth-order valence-electron chi connectivity index (χ4n) is 1.52. The summed E-state index contributed by atoms with van der Waals surface area (Å²) in [5.74, 6) is 0.996. The maximum Gasteiger partial charge on any atom is 0.243 e. The van der Waals surface area contributed by atoms with E-state index in [0.29, 0.717) is 31.1 Å². The molecule has 1 aromatic heterocycles. The standard InChI is InChI=1S/C8H13N3O3/c12-2-1-7-10-8(14-11-7)6-3-5(13)4-9-6/h5-6,9,12-13H,1-4H2/t5-,6-/m1/s1. The third kappa shape index (κ3) is 1.92. The minimum atomic E-state index is -0.340. The SMILES string of the molecule is OCCc1noc([C@H]2C[C@@H](O)CN2)n1. The predicted molar refractivity (Wildman–Crippen MR) is 46.5 cm³/mol. The van der Waals surface area contributed by atoms with Crippen LogP contribution in [-0.4, -0.2) is 39.6 Å². The zero-order valence-corrected chi connectivity index (χ0v) is 7.68. The second kappa shape index (κ2) is 4.04. The van der Waals surface area contributed by atoms with Gasteiger partial charge in [0.25, 0.3) is 0 Å². The molecule has 0 saturated carbocycles. The van der Waals surface area contributed by atoms with Gasteiger partial charge < -0.3 is 20.1 Å². The van der Waals surface area contributed by atoms with Gasteiger partial charge >= 0.3 is 0 Å². The first-order chi connectivity index (χ1) is 6.79. The van der Waals surface area contributed by atoms with E-state index in [1.807, 2.05) is 0 Å². The first kappa shape index (κ1) is 9.57. The van der Waals surface area contributed by atoms with Gasteiger partial charge in [-0.1, -0.05) is 5.16 Å². The molecule has 0 spiro atoms. The number of nitrogens with zero attached hydrogens (tertiary/aromatic N) is 2. The number of aliphatic hydroxyl groups excluding tert-OH is 2. The summed E-state index contributed by atoms with van der Waals surface area (Å²) in [4.78, 5) is 4.11. The largest absolute Gasteiger partial charge is 0.396 e. The first-order valence-electron chi connectivity index (χ1n) is 4.64. The zero-order valence-electron chi connectivity index (χ0n) is 7.68. The van der Waals surface area contributed by atoms with Crippen molar-refractivity contribution in [3.05, 3.63) is 11.7 Å². The molecule has 6 nitrogen and oxygen atoms in total. The van der Waals surface area contributed by atoms with E-state index in [-0.39, 0.29) is 18.8 Å². The van der Waals surface area contributed by atoms with E-state index in [1.165, 1.54) is 0 Å². The highest BCUT2D eigenvalue weighted by atomic mass is 16.5. The van der Waals surface area contributed by atoms with E-state index in [9.17, 15) is 5.11 Å². The van der Waals surface area contributed by atoms with Crippen LogP contribution in [0.4, 0.5) is 0 Å². The molecule has 1 saturated heterocycles. The van der Waals surface area contributed by atoms with Gasteiger partial charge in [-0.05, 0) is 6.42 Å². The van der Waals surface area contributed by atoms with Crippen LogP contribution >= 0.6 is 0 Å². The van der Waals surface area contributed by atoms with Gasteiger partial charge in [-0.15, -0.1) is 0 Å². The molecule has 1 aliphatic rings. The van der Waals surface area contributed by atoms with Crippen LogP contribution in [0.1, 0.15) is 24.2 Å². The highest BCUT2D eigenvalue weighted by Gasteiger charge is 2.27. The van der Waals surface area contributed by atoms with Gasteiger partial charge in [0.1, 0.15) is 0 Å². The van der Waals surface area contributed by atoms with Crippen molar-refractivity contribution in [3.8, 4) is 0 Å². The van der Waals surface area contributed by atoms with Gasteiger partial charge in [-0.25, -0.2) is 0 Å². The lowest BCUT2D eigenvalue weighted by molar-refractivity contribution is 0.191. The number of β-amino-alcohol motifs (C(OH)–C–C–N with tert-alkyl or cyclic N) is 1. The van der Waals surface area contributed by atoms with Gasteiger partial charge in [-0.2, -0.15) is 4.98 Å². The highest BCUT2D eigenvalue weighted by Crippen LogP contribution is 2.21. The summed E-state index contributed by atoms with van der Waals surface area (Å²) in [5.41, 5.74) is 0. The topological polar surface area (TPSA) is 91.4 Å². The second-order valence-corrected chi connectivity index (χ2v) is 3.37. The molecule has 14 heavy (non-hydrogen) atoms. The summed E-state index contributed by atoms with van der Waals surface area (Å²) < 4.78 is 5.00. The molecule has 6 heteroatoms. The fraction of sp³-hybridized carbons (Fsp3) is 0.750. The molecular formula is C8H13N3O3. The Hall–Kier alpha value is -0.980. The molecule has 0 unspecified atom stereocenters. The number of nitrogens with one attached hydrogen (secondary N) is 1. The van der Waals surface area contributed by atoms with Crippen LogP contribution < -0.4 is 5.32 Å². The van der Waals surface area contributed by atoms with Crippen molar-refractivity contribution in [1.29, 1.82) is 0 Å². The molecular weight excluding hydrogens is 186 g/mol. The second-order valence-electron chi connectivity index (χ2n) is 3.37. The van der Waals surface area contributed by atoms with Crippen LogP contribution in [0.25, 0.3) is 0 Å². The molecule has 2 rings (SSSR count). The van der Waals surface area contributed by atoms with E-state index in [0.717, 1.165) is 0 Å². The van der Waals surface area contributed by atoms with Gasteiger partial charge in [-0.3, -0.25) is 0 Å². The van der Waals surface area contributed by atoms with E-state index in [1.54, 1.807) is 0 Å². The molecule has 0 bridgehead atoms. The maximum atomic E-state index is 9.28. The molecule has 2 atom stereocenters. The molecule has 0 radical (unpaired) electrons. The normalized spacial score (nSPS) is 27.0. The van der Waals surface area contributed by atoms with E-state index in [2.05, 4.69) is 15.5 Å². The van der Waals surface area contributed by atoms with E-state index < -0.39 is 0 Å². The van der Waals surface area contributed by atoms with Crippen LogP contribution in [0, 0.1) is 0 Å². The van der Waals surface area contributed by atoms with Crippen LogP contribution in [0.5, 0.6) is 0 Å². The van der Waals surface area contributed by atoms with Gasteiger partial charge in [0.05, 0.1) is 18.8 Å². The van der Waals surface area contributed by atoms with Crippen LogP contribution in [-0.2, 0) is 6.42 Å². The number of hydrogen-bond acceptors (Lipinski definition) is 6. The van der Waals surface area contributed by atoms with E-state index >= 15 is 0 Å². The quantitative estimate of drug-likeness (QED) is 0.578. The highest BCUT2D eigenvalue weighted by molar-refractivity contribution is 4.97. The number of hydrogen-bond donors (Lipinski definition) is 3. The molecule has 0 aromatic carbocycles. The van der Waals surface area contributed by atoms with Crippen molar-refractivity contribution in [2.45, 2.75) is 25.0 Å². The summed E-state index contributed by atoms with van der Waals surface area (Å²) in [6, 6.07) is -0.0510. The fourth-order valence-corrected chi connectivity index (χ4v) is 1.52. The van der Waals surface area contributed by atoms with Crippen LogP contribution in [0.15, 0.2) is 4.52 Å². The summed E-state index contributed by atoms with van der Waals surface area (Å²) in [6.45, 7) is 0.572. The smallest absolute Gasteiger partial charge is 0.243 e. The summed E-state index contributed by atoms with van der Waals surface area (Å²) >= 11 is 0. The first-order valence-corrected chi connectivity index (χ1v) is 4.64. The number of aromatic nitrogens is 2. The maximum absolute atomic E-state index is 9.28. The van der Waals surface area contributed by atoms with Gasteiger partial charge in [0, 0.05) is 13.0 Å². The summed E-state index contributed by atoms with van der Waals surface area (Å²) in [5, 5.41) is 24.7. The molecule has 1 aromatic rings. The Kier molecular flexibility index (Phi) is 2.76. The molecule has 1 fully saturated rings. The Morgan fingerprint density at radius 2 is 2.43 bits per heavy atom.